The van der Waals surface area contributed by atoms with Crippen molar-refractivity contribution in [1.29, 1.82) is 0 Å². The Bertz CT molecular complexity index is 1030. The van der Waals surface area contributed by atoms with E-state index in [-0.39, 0.29) is 17.8 Å². The molecule has 0 radical (unpaired) electrons. The largest absolute Gasteiger partial charge is 0.497 e. The average Bonchev–Trinajstić information content (AvgIpc) is 3.21. The SMILES string of the molecule is COc1cccc(Cc2cnc([C@H]3CCCN(C(=O)c4cc(C)nc(N)n4)C3)o2)c1. The first-order valence-corrected chi connectivity index (χ1v) is 10.00. The van der Waals surface area contributed by atoms with Crippen LogP contribution in [-0.4, -0.2) is 46.0 Å². The molecule has 3 aromatic rings. The lowest BCUT2D eigenvalue weighted by atomic mass is 9.97. The predicted octanol–water partition coefficient (Wildman–Crippen LogP) is 2.97. The van der Waals surface area contributed by atoms with Crippen molar-refractivity contribution in [2.24, 2.45) is 0 Å². The summed E-state index contributed by atoms with van der Waals surface area (Å²) in [5, 5.41) is 0. The highest BCUT2D eigenvalue weighted by molar-refractivity contribution is 5.92. The summed E-state index contributed by atoms with van der Waals surface area (Å²) >= 11 is 0. The van der Waals surface area contributed by atoms with Gasteiger partial charge in [-0.3, -0.25) is 4.79 Å². The molecule has 0 bridgehead atoms. The molecule has 1 atom stereocenters. The van der Waals surface area contributed by atoms with E-state index in [9.17, 15) is 4.79 Å². The molecular formula is C22H25N5O3. The molecule has 3 heterocycles. The molecule has 8 heteroatoms. The van der Waals surface area contributed by atoms with Gasteiger partial charge in [-0.2, -0.15) is 0 Å². The minimum atomic E-state index is -0.139. The van der Waals surface area contributed by atoms with Crippen LogP contribution in [0.15, 0.2) is 40.9 Å². The van der Waals surface area contributed by atoms with Gasteiger partial charge in [0.2, 0.25) is 5.95 Å². The molecule has 0 aliphatic carbocycles. The number of likely N-dealkylation sites (tertiary alicyclic amines) is 1. The maximum absolute atomic E-state index is 12.9. The summed E-state index contributed by atoms with van der Waals surface area (Å²) in [6.45, 7) is 3.01. The van der Waals surface area contributed by atoms with E-state index < -0.39 is 0 Å². The van der Waals surface area contributed by atoms with Crippen LogP contribution in [0.5, 0.6) is 5.75 Å². The molecule has 1 saturated heterocycles. The molecule has 1 amide bonds. The number of nitrogens with two attached hydrogens (primary N) is 1. The summed E-state index contributed by atoms with van der Waals surface area (Å²) in [5.74, 6) is 2.31. The van der Waals surface area contributed by atoms with Crippen molar-refractivity contribution >= 4 is 11.9 Å². The number of aromatic nitrogens is 3. The third kappa shape index (κ3) is 4.42. The molecule has 2 aromatic heterocycles. The van der Waals surface area contributed by atoms with Gasteiger partial charge in [-0.1, -0.05) is 12.1 Å². The number of benzene rings is 1. The first-order chi connectivity index (χ1) is 14.5. The fraction of sp³-hybridized carbons (Fsp3) is 0.364. The third-order valence-electron chi connectivity index (χ3n) is 5.23. The van der Waals surface area contributed by atoms with Gasteiger partial charge >= 0.3 is 0 Å². The van der Waals surface area contributed by atoms with E-state index in [1.54, 1.807) is 31.2 Å². The van der Waals surface area contributed by atoms with Crippen LogP contribution < -0.4 is 10.5 Å². The van der Waals surface area contributed by atoms with Gasteiger partial charge in [-0.15, -0.1) is 0 Å². The van der Waals surface area contributed by atoms with Crippen molar-refractivity contribution in [1.82, 2.24) is 19.9 Å². The number of nitrogen functional groups attached to an aromatic ring is 1. The number of hydrogen-bond acceptors (Lipinski definition) is 7. The predicted molar refractivity (Wildman–Crippen MR) is 111 cm³/mol. The number of anilines is 1. The summed E-state index contributed by atoms with van der Waals surface area (Å²) in [6, 6.07) is 9.55. The molecular weight excluding hydrogens is 382 g/mol. The molecule has 1 aliphatic heterocycles. The fourth-order valence-electron chi connectivity index (χ4n) is 3.80. The number of aryl methyl sites for hydroxylation is 1. The second kappa shape index (κ2) is 8.52. The number of amides is 1. The Morgan fingerprint density at radius 3 is 3.00 bits per heavy atom. The summed E-state index contributed by atoms with van der Waals surface area (Å²) in [5.41, 5.74) is 7.80. The lowest BCUT2D eigenvalue weighted by Crippen LogP contribution is -2.39. The number of methoxy groups -OCH3 is 1. The second-order valence-corrected chi connectivity index (χ2v) is 7.54. The van der Waals surface area contributed by atoms with Gasteiger partial charge in [0.05, 0.1) is 19.2 Å². The second-order valence-electron chi connectivity index (χ2n) is 7.54. The van der Waals surface area contributed by atoms with Crippen LogP contribution in [0.3, 0.4) is 0 Å². The number of ether oxygens (including phenoxy) is 1. The number of piperidine rings is 1. The van der Waals surface area contributed by atoms with Gasteiger partial charge in [-0.25, -0.2) is 15.0 Å². The Morgan fingerprint density at radius 2 is 2.20 bits per heavy atom. The smallest absolute Gasteiger partial charge is 0.272 e. The number of oxazole rings is 1. The Hall–Kier alpha value is -3.42. The first kappa shape index (κ1) is 19.9. The molecule has 4 rings (SSSR count). The minimum absolute atomic E-state index is 0.0574. The maximum atomic E-state index is 12.9. The highest BCUT2D eigenvalue weighted by Gasteiger charge is 2.29. The molecule has 2 N–H and O–H groups in total. The number of rotatable bonds is 5. The molecule has 30 heavy (non-hydrogen) atoms. The van der Waals surface area contributed by atoms with Gasteiger partial charge in [0.25, 0.3) is 5.91 Å². The fourth-order valence-corrected chi connectivity index (χ4v) is 3.80. The van der Waals surface area contributed by atoms with Gasteiger partial charge in [0, 0.05) is 25.2 Å². The van der Waals surface area contributed by atoms with Gasteiger partial charge in [-0.05, 0) is 43.5 Å². The van der Waals surface area contributed by atoms with Crippen molar-refractivity contribution in [3.8, 4) is 5.75 Å². The van der Waals surface area contributed by atoms with E-state index in [1.807, 2.05) is 24.3 Å². The van der Waals surface area contributed by atoms with E-state index in [4.69, 9.17) is 14.9 Å². The van der Waals surface area contributed by atoms with E-state index in [1.165, 1.54) is 0 Å². The normalized spacial score (nSPS) is 16.5. The lowest BCUT2D eigenvalue weighted by Gasteiger charge is -2.31. The van der Waals surface area contributed by atoms with Crippen LogP contribution in [0.25, 0.3) is 0 Å². The van der Waals surface area contributed by atoms with E-state index in [0.717, 1.165) is 29.9 Å². The van der Waals surface area contributed by atoms with Crippen LogP contribution >= 0.6 is 0 Å². The van der Waals surface area contributed by atoms with Crippen molar-refractivity contribution in [2.75, 3.05) is 25.9 Å². The molecule has 156 valence electrons. The molecule has 8 nitrogen and oxygen atoms in total. The molecule has 0 unspecified atom stereocenters. The summed E-state index contributed by atoms with van der Waals surface area (Å²) < 4.78 is 11.3. The molecule has 1 fully saturated rings. The molecule has 1 aromatic carbocycles. The Morgan fingerprint density at radius 1 is 1.33 bits per heavy atom. The van der Waals surface area contributed by atoms with Crippen molar-refractivity contribution in [2.45, 2.75) is 32.1 Å². The third-order valence-corrected chi connectivity index (χ3v) is 5.23. The van der Waals surface area contributed by atoms with Crippen LogP contribution in [0.1, 0.15) is 52.2 Å². The minimum Gasteiger partial charge on any atom is -0.497 e. The highest BCUT2D eigenvalue weighted by atomic mass is 16.5. The monoisotopic (exact) mass is 407 g/mol. The Balaban J connectivity index is 1.45. The van der Waals surface area contributed by atoms with Crippen molar-refractivity contribution in [3.05, 3.63) is 65.1 Å². The number of carbonyl (C=O) groups excluding carboxylic acids is 1. The highest BCUT2D eigenvalue weighted by Crippen LogP contribution is 2.28. The standard InChI is InChI=1S/C22H25N5O3/c1-14-9-19(26-22(23)25-14)21(28)27-8-4-6-16(13-27)20-24-12-18(30-20)11-15-5-3-7-17(10-15)29-2/h3,5,7,9-10,12,16H,4,6,8,11,13H2,1-2H3,(H2,23,25,26)/t16-/m0/s1. The van der Waals surface area contributed by atoms with E-state index >= 15 is 0 Å². The molecule has 1 aliphatic rings. The van der Waals surface area contributed by atoms with Gasteiger partial charge in [0.15, 0.2) is 5.89 Å². The van der Waals surface area contributed by atoms with E-state index in [0.29, 0.717) is 36.8 Å². The van der Waals surface area contributed by atoms with Crippen LogP contribution in [0.4, 0.5) is 5.95 Å². The number of carbonyl (C=O) groups is 1. The quantitative estimate of drug-likeness (QED) is 0.693. The first-order valence-electron chi connectivity index (χ1n) is 10.00. The van der Waals surface area contributed by atoms with Crippen molar-refractivity contribution in [3.63, 3.8) is 0 Å². The lowest BCUT2D eigenvalue weighted by molar-refractivity contribution is 0.0691. The van der Waals surface area contributed by atoms with Gasteiger partial charge in [0.1, 0.15) is 17.2 Å². The topological polar surface area (TPSA) is 107 Å². The van der Waals surface area contributed by atoms with E-state index in [2.05, 4.69) is 15.0 Å². The zero-order chi connectivity index (χ0) is 21.1. The average molecular weight is 407 g/mol. The van der Waals surface area contributed by atoms with Crippen LogP contribution in [-0.2, 0) is 6.42 Å². The maximum Gasteiger partial charge on any atom is 0.272 e. The summed E-state index contributed by atoms with van der Waals surface area (Å²) in [4.78, 5) is 27.3. The Kier molecular flexibility index (Phi) is 5.65. The summed E-state index contributed by atoms with van der Waals surface area (Å²) in [6.07, 6.45) is 4.21. The zero-order valence-corrected chi connectivity index (χ0v) is 17.2. The molecule has 0 spiro atoms. The number of hydrogen-bond donors (Lipinski definition) is 1. The Labute approximate surface area is 175 Å². The number of nitrogens with zero attached hydrogens (tertiary/aromatic N) is 4. The van der Waals surface area contributed by atoms with Crippen LogP contribution in [0, 0.1) is 6.92 Å². The van der Waals surface area contributed by atoms with Crippen LogP contribution in [0.2, 0.25) is 0 Å². The summed E-state index contributed by atoms with van der Waals surface area (Å²) in [7, 11) is 1.65. The van der Waals surface area contributed by atoms with Crippen molar-refractivity contribution < 1.29 is 13.9 Å². The van der Waals surface area contributed by atoms with Gasteiger partial charge < -0.3 is 19.8 Å². The molecule has 0 saturated carbocycles. The zero-order valence-electron chi connectivity index (χ0n) is 17.2.